The molecule has 8 atom stereocenters. The summed E-state index contributed by atoms with van der Waals surface area (Å²) in [6, 6.07) is 0. The lowest BCUT2D eigenvalue weighted by Gasteiger charge is -2.59. The van der Waals surface area contributed by atoms with E-state index in [0.717, 1.165) is 50.0 Å². The van der Waals surface area contributed by atoms with Crippen molar-refractivity contribution in [2.75, 3.05) is 0 Å². The summed E-state index contributed by atoms with van der Waals surface area (Å²) in [6.07, 6.45) is 11.6. The van der Waals surface area contributed by atoms with E-state index >= 15 is 0 Å². The Morgan fingerprint density at radius 2 is 1.77 bits per heavy atom. The highest BCUT2D eigenvalue weighted by Crippen LogP contribution is 2.68. The molecule has 3 fully saturated rings. The van der Waals surface area contributed by atoms with Gasteiger partial charge in [-0.1, -0.05) is 53.9 Å². The number of hydrogen-bond donors (Lipinski definition) is 2. The molecule has 4 aliphatic carbocycles. The maximum absolute atomic E-state index is 13.2. The summed E-state index contributed by atoms with van der Waals surface area (Å²) in [7, 11) is 0. The van der Waals surface area contributed by atoms with Crippen molar-refractivity contribution in [1.29, 1.82) is 0 Å². The van der Waals surface area contributed by atoms with Gasteiger partial charge < -0.3 is 10.2 Å². The molecule has 2 N–H and O–H groups in total. The van der Waals surface area contributed by atoms with E-state index in [0.29, 0.717) is 24.2 Å². The molecule has 0 bridgehead atoms. The molecule has 0 saturated heterocycles. The second-order valence-electron chi connectivity index (χ2n) is 12.3. The van der Waals surface area contributed by atoms with Crippen LogP contribution in [0.4, 0.5) is 0 Å². The Hall–Kier alpha value is -0.670. The molecule has 0 amide bonds. The molecule has 0 heterocycles. The van der Waals surface area contributed by atoms with Crippen molar-refractivity contribution in [2.24, 2.45) is 40.4 Å². The van der Waals surface area contributed by atoms with Crippen molar-refractivity contribution >= 4 is 5.78 Å². The lowest BCUT2D eigenvalue weighted by atomic mass is 9.46. The normalized spacial score (nSPS) is 46.8. The highest BCUT2D eigenvalue weighted by molar-refractivity contribution is 5.95. The molecule has 170 valence electrons. The molecular weight excluding hydrogens is 372 g/mol. The molecule has 0 radical (unpaired) electrons. The molecule has 1 unspecified atom stereocenters. The third-order valence-corrected chi connectivity index (χ3v) is 10.3. The maximum Gasteiger partial charge on any atom is 0.159 e. The zero-order valence-corrected chi connectivity index (χ0v) is 19.9. The summed E-state index contributed by atoms with van der Waals surface area (Å²) >= 11 is 0. The van der Waals surface area contributed by atoms with Gasteiger partial charge in [-0.3, -0.25) is 4.79 Å². The van der Waals surface area contributed by atoms with Gasteiger partial charge in [-0.15, -0.1) is 0 Å². The third-order valence-electron chi connectivity index (χ3n) is 10.3. The van der Waals surface area contributed by atoms with Crippen LogP contribution in [0, 0.1) is 40.4 Å². The van der Waals surface area contributed by atoms with E-state index in [1.807, 2.05) is 6.08 Å². The Morgan fingerprint density at radius 3 is 2.47 bits per heavy atom. The molecule has 4 aliphatic rings. The van der Waals surface area contributed by atoms with E-state index < -0.39 is 5.60 Å². The number of carbonyl (C=O) groups is 1. The van der Waals surface area contributed by atoms with E-state index in [2.05, 4.69) is 34.6 Å². The van der Waals surface area contributed by atoms with Gasteiger partial charge in [0.15, 0.2) is 5.78 Å². The standard InChI is InChI=1S/C27H44O3/c1-17(2)7-6-8-18(3)20-11-14-27(30)22-16-24(29)23-15-19(28)9-12-25(23,4)21(22)10-13-26(20,27)5/h16-21,23,28,30H,6-15H2,1-5H3/t18-,19+,20-,21+,23+,25-,26-,27?/m1/s1. The second kappa shape index (κ2) is 7.73. The highest BCUT2D eigenvalue weighted by Gasteiger charge is 2.66. The lowest BCUT2D eigenvalue weighted by Crippen LogP contribution is -2.59. The molecule has 3 nitrogen and oxygen atoms in total. The summed E-state index contributed by atoms with van der Waals surface area (Å²) in [5.74, 6) is 2.28. The van der Waals surface area contributed by atoms with Gasteiger partial charge in [-0.25, -0.2) is 0 Å². The van der Waals surface area contributed by atoms with Crippen molar-refractivity contribution in [3.05, 3.63) is 11.6 Å². The largest absolute Gasteiger partial charge is 0.393 e. The van der Waals surface area contributed by atoms with Crippen LogP contribution in [0.2, 0.25) is 0 Å². The lowest BCUT2D eigenvalue weighted by molar-refractivity contribution is -0.141. The highest BCUT2D eigenvalue weighted by atomic mass is 16.3. The Kier molecular flexibility index (Phi) is 5.80. The van der Waals surface area contributed by atoms with Gasteiger partial charge in [0.2, 0.25) is 0 Å². The average molecular weight is 417 g/mol. The number of allylic oxidation sites excluding steroid dienone is 1. The summed E-state index contributed by atoms with van der Waals surface area (Å²) in [4.78, 5) is 13.2. The fraction of sp³-hybridized carbons (Fsp3) is 0.889. The second-order valence-corrected chi connectivity index (χ2v) is 12.3. The van der Waals surface area contributed by atoms with Crippen LogP contribution in [-0.2, 0) is 4.79 Å². The summed E-state index contributed by atoms with van der Waals surface area (Å²) < 4.78 is 0. The van der Waals surface area contributed by atoms with Crippen molar-refractivity contribution in [2.45, 2.75) is 111 Å². The SMILES string of the molecule is CC(C)CCC[C@@H](C)[C@H]1CCC2(O)C3=CC(=O)[C@@H]4C[C@@H](O)CC[C@]4(C)[C@H]3CC[C@]12C. The van der Waals surface area contributed by atoms with Crippen molar-refractivity contribution in [3.8, 4) is 0 Å². The monoisotopic (exact) mass is 416 g/mol. The van der Waals surface area contributed by atoms with Gasteiger partial charge in [0.25, 0.3) is 0 Å². The minimum Gasteiger partial charge on any atom is -0.393 e. The van der Waals surface area contributed by atoms with Crippen LogP contribution >= 0.6 is 0 Å². The van der Waals surface area contributed by atoms with Gasteiger partial charge in [0.05, 0.1) is 11.7 Å². The van der Waals surface area contributed by atoms with Gasteiger partial charge in [0.1, 0.15) is 0 Å². The minimum absolute atomic E-state index is 0.0740. The van der Waals surface area contributed by atoms with Crippen LogP contribution < -0.4 is 0 Å². The first kappa shape index (κ1) is 22.5. The number of fused-ring (bicyclic) bond motifs is 5. The first-order valence-corrected chi connectivity index (χ1v) is 12.7. The van der Waals surface area contributed by atoms with Crippen LogP contribution in [-0.4, -0.2) is 27.7 Å². The molecule has 3 heteroatoms. The van der Waals surface area contributed by atoms with Crippen LogP contribution in [0.25, 0.3) is 0 Å². The van der Waals surface area contributed by atoms with E-state index in [-0.39, 0.29) is 28.6 Å². The van der Waals surface area contributed by atoms with Gasteiger partial charge >= 0.3 is 0 Å². The molecular formula is C27H44O3. The fourth-order valence-electron chi connectivity index (χ4n) is 8.32. The number of hydrogen-bond acceptors (Lipinski definition) is 3. The Morgan fingerprint density at radius 1 is 1.03 bits per heavy atom. The first-order chi connectivity index (χ1) is 14.0. The molecule has 0 aromatic carbocycles. The van der Waals surface area contributed by atoms with E-state index in [1.165, 1.54) is 19.3 Å². The number of aliphatic hydroxyl groups is 2. The van der Waals surface area contributed by atoms with Crippen LogP contribution in [0.5, 0.6) is 0 Å². The topological polar surface area (TPSA) is 57.5 Å². The van der Waals surface area contributed by atoms with Gasteiger partial charge in [-0.05, 0) is 85.7 Å². The Labute approximate surface area is 183 Å². The summed E-state index contributed by atoms with van der Waals surface area (Å²) in [5, 5.41) is 22.4. The number of rotatable bonds is 5. The molecule has 4 rings (SSSR count). The van der Waals surface area contributed by atoms with Crippen LogP contribution in [0.3, 0.4) is 0 Å². The van der Waals surface area contributed by atoms with Crippen molar-refractivity contribution in [3.63, 3.8) is 0 Å². The molecule has 0 spiro atoms. The number of carbonyl (C=O) groups excluding carboxylic acids is 1. The molecule has 0 aliphatic heterocycles. The minimum atomic E-state index is -0.827. The van der Waals surface area contributed by atoms with Crippen molar-refractivity contribution in [1.82, 2.24) is 0 Å². The predicted molar refractivity (Wildman–Crippen MR) is 121 cm³/mol. The van der Waals surface area contributed by atoms with Crippen LogP contribution in [0.15, 0.2) is 11.6 Å². The third kappa shape index (κ3) is 3.25. The molecule has 0 aromatic heterocycles. The van der Waals surface area contributed by atoms with E-state index in [4.69, 9.17) is 0 Å². The fourth-order valence-corrected chi connectivity index (χ4v) is 8.32. The van der Waals surface area contributed by atoms with Crippen LogP contribution in [0.1, 0.15) is 98.8 Å². The van der Waals surface area contributed by atoms with Crippen molar-refractivity contribution < 1.29 is 15.0 Å². The first-order valence-electron chi connectivity index (χ1n) is 12.7. The Balaban J connectivity index is 1.61. The zero-order chi connectivity index (χ0) is 21.9. The zero-order valence-electron chi connectivity index (χ0n) is 19.9. The Bertz CT molecular complexity index is 711. The molecule has 0 aromatic rings. The van der Waals surface area contributed by atoms with Gasteiger partial charge in [-0.2, -0.15) is 0 Å². The quantitative estimate of drug-likeness (QED) is 0.606. The average Bonchev–Trinajstić information content (AvgIpc) is 2.95. The smallest absolute Gasteiger partial charge is 0.159 e. The molecule has 3 saturated carbocycles. The van der Waals surface area contributed by atoms with Gasteiger partial charge in [0, 0.05) is 11.3 Å². The number of aliphatic hydroxyl groups excluding tert-OH is 1. The maximum atomic E-state index is 13.2. The molecule has 30 heavy (non-hydrogen) atoms. The predicted octanol–water partition coefficient (Wildman–Crippen LogP) is 5.68. The van der Waals surface area contributed by atoms with E-state index in [9.17, 15) is 15.0 Å². The number of ketones is 1. The summed E-state index contributed by atoms with van der Waals surface area (Å²) in [6.45, 7) is 11.6. The summed E-state index contributed by atoms with van der Waals surface area (Å²) in [5.41, 5.74) is 0.0168. The van der Waals surface area contributed by atoms with E-state index in [1.54, 1.807) is 0 Å².